The normalized spacial score (nSPS) is 27.3. The molecule has 2 aliphatic rings. The Hall–Kier alpha value is -1.62. The SMILES string of the molecule is C[C@@H]1CCC2[C@@H](C1)c1c(O)nc(C(C)(C)c3cccs3)nc1OC2(C)C. The lowest BCUT2D eigenvalue weighted by molar-refractivity contribution is -0.0194. The van der Waals surface area contributed by atoms with Crippen LogP contribution in [0.4, 0.5) is 0 Å². The van der Waals surface area contributed by atoms with E-state index >= 15 is 0 Å². The quantitative estimate of drug-likeness (QED) is 0.781. The first-order chi connectivity index (χ1) is 12.2. The maximum absolute atomic E-state index is 10.9. The summed E-state index contributed by atoms with van der Waals surface area (Å²) in [5.41, 5.74) is 0.181. The first-order valence-corrected chi connectivity index (χ1v) is 10.4. The zero-order valence-corrected chi connectivity index (χ0v) is 17.1. The maximum Gasteiger partial charge on any atom is 0.224 e. The van der Waals surface area contributed by atoms with E-state index in [9.17, 15) is 5.11 Å². The topological polar surface area (TPSA) is 55.2 Å². The van der Waals surface area contributed by atoms with Crippen LogP contribution in [0.25, 0.3) is 0 Å². The molecule has 1 fully saturated rings. The minimum Gasteiger partial charge on any atom is -0.493 e. The molecule has 0 bridgehead atoms. The molecule has 0 aromatic carbocycles. The highest BCUT2D eigenvalue weighted by molar-refractivity contribution is 7.10. The third-order valence-corrected chi connectivity index (χ3v) is 7.52. The molecule has 3 heterocycles. The average molecular weight is 373 g/mol. The molecule has 1 saturated carbocycles. The van der Waals surface area contributed by atoms with Crippen molar-refractivity contribution in [3.63, 3.8) is 0 Å². The van der Waals surface area contributed by atoms with Crippen molar-refractivity contribution in [3.05, 3.63) is 33.8 Å². The van der Waals surface area contributed by atoms with Crippen LogP contribution in [0.2, 0.25) is 0 Å². The monoisotopic (exact) mass is 372 g/mol. The molecule has 1 aliphatic heterocycles. The minimum atomic E-state index is -0.370. The molecule has 0 saturated heterocycles. The zero-order chi connectivity index (χ0) is 18.7. The van der Waals surface area contributed by atoms with Crippen LogP contribution in [-0.2, 0) is 5.41 Å². The van der Waals surface area contributed by atoms with Crippen molar-refractivity contribution >= 4 is 11.3 Å². The molecule has 140 valence electrons. The van der Waals surface area contributed by atoms with Crippen LogP contribution in [-0.4, -0.2) is 20.7 Å². The van der Waals surface area contributed by atoms with Crippen molar-refractivity contribution in [2.45, 2.75) is 70.8 Å². The Bertz CT molecular complexity index is 814. The lowest BCUT2D eigenvalue weighted by atomic mass is 9.65. The summed E-state index contributed by atoms with van der Waals surface area (Å²) in [5.74, 6) is 2.63. The lowest BCUT2D eigenvalue weighted by Crippen LogP contribution is -2.47. The fourth-order valence-electron chi connectivity index (χ4n) is 4.72. The molecule has 1 N–H and O–H groups in total. The van der Waals surface area contributed by atoms with E-state index in [1.54, 1.807) is 11.3 Å². The number of rotatable bonds is 2. The summed E-state index contributed by atoms with van der Waals surface area (Å²) < 4.78 is 6.35. The van der Waals surface area contributed by atoms with E-state index in [-0.39, 0.29) is 22.8 Å². The number of thiophene rings is 1. The molecule has 0 spiro atoms. The molecule has 2 aromatic heterocycles. The molecule has 2 aromatic rings. The number of ether oxygens (including phenoxy) is 1. The molecular weight excluding hydrogens is 344 g/mol. The van der Waals surface area contributed by atoms with Crippen LogP contribution >= 0.6 is 11.3 Å². The van der Waals surface area contributed by atoms with Crippen molar-refractivity contribution in [3.8, 4) is 11.8 Å². The molecule has 5 heteroatoms. The van der Waals surface area contributed by atoms with E-state index in [1.165, 1.54) is 11.3 Å². The fourth-order valence-corrected chi connectivity index (χ4v) is 5.57. The second-order valence-corrected chi connectivity index (χ2v) is 9.98. The van der Waals surface area contributed by atoms with E-state index in [0.29, 0.717) is 23.5 Å². The number of aromatic nitrogens is 2. The van der Waals surface area contributed by atoms with Crippen LogP contribution in [0.5, 0.6) is 11.8 Å². The van der Waals surface area contributed by atoms with E-state index < -0.39 is 0 Å². The van der Waals surface area contributed by atoms with E-state index in [1.807, 2.05) is 6.07 Å². The lowest BCUT2D eigenvalue weighted by Gasteiger charge is -2.48. The molecule has 3 atom stereocenters. The van der Waals surface area contributed by atoms with Gasteiger partial charge in [0.25, 0.3) is 0 Å². The largest absolute Gasteiger partial charge is 0.493 e. The third-order valence-electron chi connectivity index (χ3n) is 6.32. The van der Waals surface area contributed by atoms with Gasteiger partial charge in [-0.2, -0.15) is 9.97 Å². The Balaban J connectivity index is 1.82. The second kappa shape index (κ2) is 5.95. The van der Waals surface area contributed by atoms with Gasteiger partial charge in [-0.3, -0.25) is 0 Å². The molecule has 1 unspecified atom stereocenters. The van der Waals surface area contributed by atoms with Gasteiger partial charge in [-0.05, 0) is 57.9 Å². The maximum atomic E-state index is 10.9. The summed E-state index contributed by atoms with van der Waals surface area (Å²) in [5, 5.41) is 12.9. The van der Waals surface area contributed by atoms with Crippen molar-refractivity contribution in [1.82, 2.24) is 9.97 Å². The Kier molecular flexibility index (Phi) is 4.07. The van der Waals surface area contributed by atoms with Gasteiger partial charge in [0.2, 0.25) is 11.8 Å². The highest BCUT2D eigenvalue weighted by atomic mass is 32.1. The first kappa shape index (κ1) is 17.8. The fraction of sp³-hybridized carbons (Fsp3) is 0.619. The highest BCUT2D eigenvalue weighted by Gasteiger charge is 2.48. The van der Waals surface area contributed by atoms with Gasteiger partial charge in [-0.15, -0.1) is 11.3 Å². The molecule has 1 aliphatic carbocycles. The standard InChI is InChI=1S/C21H28N2O2S/c1-12-8-9-14-13(11-12)16-17(24)22-19(23-18(16)25-21(14,4)5)20(2,3)15-7-6-10-26-15/h6-7,10,12-14H,8-9,11H2,1-5H3,(H,22,23,24)/t12-,13-,14?/m1/s1. The van der Waals surface area contributed by atoms with E-state index in [2.05, 4.69) is 51.0 Å². The number of aromatic hydroxyl groups is 1. The van der Waals surface area contributed by atoms with Gasteiger partial charge < -0.3 is 9.84 Å². The predicted octanol–water partition coefficient (Wildman–Crippen LogP) is 5.26. The Morgan fingerprint density at radius 2 is 2.04 bits per heavy atom. The first-order valence-electron chi connectivity index (χ1n) is 9.54. The number of nitrogens with zero attached hydrogens (tertiary/aromatic N) is 2. The Labute approximate surface area is 159 Å². The van der Waals surface area contributed by atoms with Crippen molar-refractivity contribution in [1.29, 1.82) is 0 Å². The van der Waals surface area contributed by atoms with Crippen molar-refractivity contribution in [2.24, 2.45) is 11.8 Å². The summed E-state index contributed by atoms with van der Waals surface area (Å²) in [6, 6.07) is 4.13. The van der Waals surface area contributed by atoms with Crippen LogP contribution < -0.4 is 4.74 Å². The predicted molar refractivity (Wildman–Crippen MR) is 104 cm³/mol. The summed E-state index contributed by atoms with van der Waals surface area (Å²) in [4.78, 5) is 10.6. The van der Waals surface area contributed by atoms with Crippen molar-refractivity contribution in [2.75, 3.05) is 0 Å². The van der Waals surface area contributed by atoms with Gasteiger partial charge in [0.1, 0.15) is 11.4 Å². The average Bonchev–Trinajstić information content (AvgIpc) is 3.08. The van der Waals surface area contributed by atoms with E-state index in [4.69, 9.17) is 9.72 Å². The summed E-state index contributed by atoms with van der Waals surface area (Å²) in [6.07, 6.45) is 3.41. The van der Waals surface area contributed by atoms with Gasteiger partial charge in [0.05, 0.1) is 11.0 Å². The Morgan fingerprint density at radius 3 is 2.73 bits per heavy atom. The second-order valence-electron chi connectivity index (χ2n) is 9.03. The van der Waals surface area contributed by atoms with Crippen LogP contribution in [0.3, 0.4) is 0 Å². The van der Waals surface area contributed by atoms with Gasteiger partial charge in [-0.1, -0.05) is 19.4 Å². The van der Waals surface area contributed by atoms with Crippen LogP contribution in [0.15, 0.2) is 17.5 Å². The summed E-state index contributed by atoms with van der Waals surface area (Å²) in [6.45, 7) is 10.8. The summed E-state index contributed by atoms with van der Waals surface area (Å²) in [7, 11) is 0. The zero-order valence-electron chi connectivity index (χ0n) is 16.2. The number of hydrogen-bond donors (Lipinski definition) is 1. The highest BCUT2D eigenvalue weighted by Crippen LogP contribution is 2.54. The minimum absolute atomic E-state index is 0.106. The molecule has 0 radical (unpaired) electrons. The number of hydrogen-bond acceptors (Lipinski definition) is 5. The van der Waals surface area contributed by atoms with Gasteiger partial charge in [0.15, 0.2) is 0 Å². The number of fused-ring (bicyclic) bond motifs is 3. The van der Waals surface area contributed by atoms with Crippen molar-refractivity contribution < 1.29 is 9.84 Å². The smallest absolute Gasteiger partial charge is 0.224 e. The van der Waals surface area contributed by atoms with E-state index in [0.717, 1.165) is 18.4 Å². The molecular formula is C21H28N2O2S. The Morgan fingerprint density at radius 1 is 1.27 bits per heavy atom. The van der Waals surface area contributed by atoms with Gasteiger partial charge in [0, 0.05) is 16.7 Å². The van der Waals surface area contributed by atoms with Crippen LogP contribution in [0.1, 0.15) is 76.1 Å². The molecule has 0 amide bonds. The molecule has 26 heavy (non-hydrogen) atoms. The summed E-state index contributed by atoms with van der Waals surface area (Å²) >= 11 is 1.68. The van der Waals surface area contributed by atoms with Crippen LogP contribution in [0, 0.1) is 11.8 Å². The third kappa shape index (κ3) is 2.72. The molecule has 4 rings (SSSR count). The van der Waals surface area contributed by atoms with Gasteiger partial charge in [-0.25, -0.2) is 0 Å². The van der Waals surface area contributed by atoms with Gasteiger partial charge >= 0.3 is 0 Å². The molecule has 4 nitrogen and oxygen atoms in total.